The van der Waals surface area contributed by atoms with Gasteiger partial charge in [0.2, 0.25) is 0 Å². The first kappa shape index (κ1) is 12.4. The molecular weight excluding hydrogens is 273 g/mol. The highest BCUT2D eigenvalue weighted by molar-refractivity contribution is 7.85. The Morgan fingerprint density at radius 1 is 0.947 bits per heavy atom. The topological polar surface area (TPSA) is 17.1 Å². The Morgan fingerprint density at radius 3 is 2.37 bits per heavy atom. The first-order chi connectivity index (χ1) is 8.97. The van der Waals surface area contributed by atoms with Crippen molar-refractivity contribution in [3.8, 4) is 0 Å². The fourth-order valence-corrected chi connectivity index (χ4v) is 3.61. The SMILES string of the molecule is O=S1c2ccccc2Cc2cc(C(F)(F)F)ccc21. The van der Waals surface area contributed by atoms with Crippen LogP contribution in [-0.4, -0.2) is 4.21 Å². The molecule has 0 saturated carbocycles. The van der Waals surface area contributed by atoms with Gasteiger partial charge >= 0.3 is 6.18 Å². The van der Waals surface area contributed by atoms with E-state index in [1.165, 1.54) is 6.07 Å². The maximum absolute atomic E-state index is 12.7. The summed E-state index contributed by atoms with van der Waals surface area (Å²) >= 11 is 0. The van der Waals surface area contributed by atoms with Gasteiger partial charge in [0, 0.05) is 9.79 Å². The minimum absolute atomic E-state index is 0.390. The lowest BCUT2D eigenvalue weighted by atomic mass is 10.0. The summed E-state index contributed by atoms with van der Waals surface area (Å²) in [7, 11) is -1.39. The molecule has 1 atom stereocenters. The average Bonchev–Trinajstić information content (AvgIpc) is 2.37. The average molecular weight is 282 g/mol. The smallest absolute Gasteiger partial charge is 0.249 e. The van der Waals surface area contributed by atoms with Gasteiger partial charge < -0.3 is 0 Å². The minimum atomic E-state index is -4.37. The predicted molar refractivity (Wildman–Crippen MR) is 65.4 cm³/mol. The Hall–Kier alpha value is -1.62. The molecule has 1 nitrogen and oxygen atoms in total. The Labute approximate surface area is 110 Å². The van der Waals surface area contributed by atoms with Crippen LogP contribution < -0.4 is 0 Å². The standard InChI is InChI=1S/C14H9F3OS/c15-14(16,17)11-5-6-13-10(8-11)7-9-3-1-2-4-12(9)19(13)18/h1-6,8H,7H2. The third-order valence-electron chi connectivity index (χ3n) is 3.14. The van der Waals surface area contributed by atoms with Crippen molar-refractivity contribution >= 4 is 10.8 Å². The van der Waals surface area contributed by atoms with Crippen molar-refractivity contribution in [2.45, 2.75) is 22.4 Å². The van der Waals surface area contributed by atoms with E-state index in [9.17, 15) is 17.4 Å². The Kier molecular flexibility index (Phi) is 2.74. The summed E-state index contributed by atoms with van der Waals surface area (Å²) in [6.45, 7) is 0. The van der Waals surface area contributed by atoms with E-state index >= 15 is 0 Å². The van der Waals surface area contributed by atoms with E-state index in [0.29, 0.717) is 21.8 Å². The highest BCUT2D eigenvalue weighted by atomic mass is 32.2. The highest BCUT2D eigenvalue weighted by Gasteiger charge is 2.32. The monoisotopic (exact) mass is 282 g/mol. The Bertz CT molecular complexity index is 677. The molecule has 0 amide bonds. The van der Waals surface area contributed by atoms with Crippen LogP contribution in [-0.2, 0) is 23.4 Å². The molecule has 0 aliphatic carbocycles. The zero-order valence-electron chi connectivity index (χ0n) is 9.70. The molecule has 5 heteroatoms. The van der Waals surface area contributed by atoms with Crippen molar-refractivity contribution in [1.82, 2.24) is 0 Å². The fraction of sp³-hybridized carbons (Fsp3) is 0.143. The molecule has 0 bridgehead atoms. The first-order valence-electron chi connectivity index (χ1n) is 5.66. The van der Waals surface area contributed by atoms with Crippen molar-refractivity contribution in [3.05, 3.63) is 59.2 Å². The summed E-state index contributed by atoms with van der Waals surface area (Å²) in [6, 6.07) is 10.6. The van der Waals surface area contributed by atoms with Gasteiger partial charge in [-0.05, 0) is 41.8 Å². The Balaban J connectivity index is 2.13. The number of hydrogen-bond acceptors (Lipinski definition) is 1. The molecule has 2 aromatic rings. The largest absolute Gasteiger partial charge is 0.416 e. The number of alkyl halides is 3. The van der Waals surface area contributed by atoms with E-state index in [1.807, 2.05) is 0 Å². The quantitative estimate of drug-likeness (QED) is 0.613. The van der Waals surface area contributed by atoms with Crippen molar-refractivity contribution in [2.24, 2.45) is 0 Å². The zero-order chi connectivity index (χ0) is 13.6. The number of rotatable bonds is 0. The molecule has 1 unspecified atom stereocenters. The van der Waals surface area contributed by atoms with Crippen molar-refractivity contribution in [1.29, 1.82) is 0 Å². The third kappa shape index (κ3) is 2.08. The lowest BCUT2D eigenvalue weighted by molar-refractivity contribution is -0.137. The van der Waals surface area contributed by atoms with Gasteiger partial charge in [0.05, 0.1) is 16.4 Å². The molecule has 2 aromatic carbocycles. The van der Waals surface area contributed by atoms with E-state index < -0.39 is 22.5 Å². The van der Waals surface area contributed by atoms with Crippen molar-refractivity contribution in [3.63, 3.8) is 0 Å². The van der Waals surface area contributed by atoms with Crippen LogP contribution in [0.25, 0.3) is 0 Å². The molecule has 0 saturated heterocycles. The van der Waals surface area contributed by atoms with Crippen molar-refractivity contribution < 1.29 is 17.4 Å². The number of hydrogen-bond donors (Lipinski definition) is 0. The van der Waals surface area contributed by atoms with E-state index in [-0.39, 0.29) is 0 Å². The van der Waals surface area contributed by atoms with Crippen LogP contribution in [0.4, 0.5) is 13.2 Å². The molecule has 98 valence electrons. The molecule has 1 aliphatic rings. The molecule has 0 aromatic heterocycles. The summed E-state index contributed by atoms with van der Waals surface area (Å²) in [5, 5.41) is 0. The second kappa shape index (κ2) is 4.20. The summed E-state index contributed by atoms with van der Waals surface area (Å²) < 4.78 is 50.3. The van der Waals surface area contributed by atoms with Gasteiger partial charge in [-0.25, -0.2) is 4.21 Å². The normalized spacial score (nSPS) is 17.7. The van der Waals surface area contributed by atoms with Crippen LogP contribution in [0.1, 0.15) is 16.7 Å². The van der Waals surface area contributed by atoms with Crippen LogP contribution in [0.2, 0.25) is 0 Å². The van der Waals surface area contributed by atoms with Gasteiger partial charge in [-0.15, -0.1) is 0 Å². The number of benzene rings is 2. The zero-order valence-corrected chi connectivity index (χ0v) is 10.5. The minimum Gasteiger partial charge on any atom is -0.249 e. The maximum atomic E-state index is 12.7. The summed E-state index contributed by atoms with van der Waals surface area (Å²) in [5.41, 5.74) is 0.627. The van der Waals surface area contributed by atoms with Gasteiger partial charge in [-0.3, -0.25) is 0 Å². The molecule has 3 rings (SSSR count). The molecule has 19 heavy (non-hydrogen) atoms. The predicted octanol–water partition coefficient (Wildman–Crippen LogP) is 3.78. The van der Waals surface area contributed by atoms with Crippen LogP contribution >= 0.6 is 0 Å². The number of halogens is 3. The van der Waals surface area contributed by atoms with Gasteiger partial charge in [-0.1, -0.05) is 18.2 Å². The van der Waals surface area contributed by atoms with Gasteiger partial charge in [0.15, 0.2) is 0 Å². The van der Waals surface area contributed by atoms with E-state index in [1.54, 1.807) is 24.3 Å². The molecule has 0 N–H and O–H groups in total. The second-order valence-electron chi connectivity index (χ2n) is 4.37. The molecule has 1 aliphatic heterocycles. The van der Waals surface area contributed by atoms with Gasteiger partial charge in [0.25, 0.3) is 0 Å². The number of fused-ring (bicyclic) bond motifs is 2. The fourth-order valence-electron chi connectivity index (χ4n) is 2.23. The summed E-state index contributed by atoms with van der Waals surface area (Å²) in [4.78, 5) is 1.17. The third-order valence-corrected chi connectivity index (χ3v) is 4.74. The van der Waals surface area contributed by atoms with E-state index in [2.05, 4.69) is 0 Å². The highest BCUT2D eigenvalue weighted by Crippen LogP contribution is 2.36. The van der Waals surface area contributed by atoms with Crippen LogP contribution in [0.5, 0.6) is 0 Å². The lowest BCUT2D eigenvalue weighted by Crippen LogP contribution is -2.12. The summed E-state index contributed by atoms with van der Waals surface area (Å²) in [5.74, 6) is 0. The Morgan fingerprint density at radius 2 is 1.63 bits per heavy atom. The molecule has 0 fully saturated rings. The molecule has 1 heterocycles. The molecule has 0 spiro atoms. The van der Waals surface area contributed by atoms with E-state index in [4.69, 9.17) is 0 Å². The van der Waals surface area contributed by atoms with Crippen LogP contribution in [0, 0.1) is 0 Å². The van der Waals surface area contributed by atoms with Gasteiger partial charge in [-0.2, -0.15) is 13.2 Å². The van der Waals surface area contributed by atoms with Crippen LogP contribution in [0.15, 0.2) is 52.3 Å². The van der Waals surface area contributed by atoms with E-state index in [0.717, 1.165) is 17.7 Å². The molecule has 0 radical (unpaired) electrons. The van der Waals surface area contributed by atoms with Crippen LogP contribution in [0.3, 0.4) is 0 Å². The first-order valence-corrected chi connectivity index (χ1v) is 6.81. The maximum Gasteiger partial charge on any atom is 0.416 e. The molecular formula is C14H9F3OS. The second-order valence-corrected chi connectivity index (χ2v) is 5.79. The van der Waals surface area contributed by atoms with Crippen molar-refractivity contribution in [2.75, 3.05) is 0 Å². The summed E-state index contributed by atoms with van der Waals surface area (Å²) in [6.07, 6.45) is -3.98. The lowest BCUT2D eigenvalue weighted by Gasteiger charge is -2.20. The van der Waals surface area contributed by atoms with Gasteiger partial charge in [0.1, 0.15) is 0 Å².